The van der Waals surface area contributed by atoms with Crippen molar-refractivity contribution < 1.29 is 22.7 Å². The maximum atomic E-state index is 13.9. The molecule has 3 aromatic rings. The summed E-state index contributed by atoms with van der Waals surface area (Å²) in [5.74, 6) is -0.282. The van der Waals surface area contributed by atoms with Gasteiger partial charge in [0.15, 0.2) is 0 Å². The Morgan fingerprint density at radius 1 is 0.925 bits per heavy atom. The van der Waals surface area contributed by atoms with Crippen molar-refractivity contribution in [2.75, 3.05) is 17.5 Å². The second-order valence-corrected chi connectivity index (χ2v) is 12.5. The third-order valence-electron chi connectivity index (χ3n) is 6.18. The minimum Gasteiger partial charge on any atom is -0.494 e. The van der Waals surface area contributed by atoms with Gasteiger partial charge >= 0.3 is 0 Å². The van der Waals surface area contributed by atoms with Crippen molar-refractivity contribution in [3.63, 3.8) is 0 Å². The molecule has 0 aliphatic heterocycles. The van der Waals surface area contributed by atoms with E-state index in [1.165, 1.54) is 17.0 Å². The molecule has 1 N–H and O–H groups in total. The van der Waals surface area contributed by atoms with Crippen molar-refractivity contribution in [2.45, 2.75) is 64.6 Å². The van der Waals surface area contributed by atoms with E-state index in [2.05, 4.69) is 5.32 Å². The molecule has 0 saturated heterocycles. The van der Waals surface area contributed by atoms with Gasteiger partial charge in [0.25, 0.3) is 10.0 Å². The van der Waals surface area contributed by atoms with Crippen molar-refractivity contribution in [3.05, 3.63) is 90.0 Å². The lowest BCUT2D eigenvalue weighted by Crippen LogP contribution is -2.54. The van der Waals surface area contributed by atoms with E-state index in [0.29, 0.717) is 18.0 Å². The van der Waals surface area contributed by atoms with Crippen LogP contribution in [0.3, 0.4) is 0 Å². The predicted molar refractivity (Wildman–Crippen MR) is 158 cm³/mol. The number of nitrogens with one attached hydrogen (secondary N) is 1. The second-order valence-electron chi connectivity index (χ2n) is 10.7. The first-order chi connectivity index (χ1) is 18.8. The summed E-state index contributed by atoms with van der Waals surface area (Å²) in [6.07, 6.45) is 0. The van der Waals surface area contributed by atoms with E-state index in [1.54, 1.807) is 49.4 Å². The van der Waals surface area contributed by atoms with Crippen LogP contribution in [0.4, 0.5) is 5.69 Å². The fraction of sp³-hybridized carbons (Fsp3) is 0.355. The molecule has 0 bridgehead atoms. The summed E-state index contributed by atoms with van der Waals surface area (Å²) >= 11 is 0. The van der Waals surface area contributed by atoms with Crippen LogP contribution >= 0.6 is 0 Å². The molecule has 0 radical (unpaired) electrons. The van der Waals surface area contributed by atoms with Gasteiger partial charge in [-0.25, -0.2) is 8.42 Å². The highest BCUT2D eigenvalue weighted by Gasteiger charge is 2.33. The zero-order valence-electron chi connectivity index (χ0n) is 24.0. The van der Waals surface area contributed by atoms with Crippen LogP contribution in [0.15, 0.2) is 83.8 Å². The van der Waals surface area contributed by atoms with Gasteiger partial charge in [-0.3, -0.25) is 13.9 Å². The standard InChI is InChI=1S/C31H39N3O5S/c1-7-39-27-17-19-28(20-18-27)40(37,38)34(26-11-9-8-10-12-26)22-29(35)33(21-25-15-13-23(2)14-16-25)24(3)30(36)32-31(4,5)6/h8-20,24H,7,21-22H2,1-6H3,(H,32,36). The van der Waals surface area contributed by atoms with Gasteiger partial charge in [0.1, 0.15) is 18.3 Å². The number of carbonyl (C=O) groups excluding carboxylic acids is 2. The summed E-state index contributed by atoms with van der Waals surface area (Å²) in [5.41, 5.74) is 1.73. The van der Waals surface area contributed by atoms with Crippen molar-refractivity contribution in [1.29, 1.82) is 0 Å². The Bertz CT molecular complexity index is 1380. The normalized spacial score (nSPS) is 12.3. The van der Waals surface area contributed by atoms with Gasteiger partial charge in [0.05, 0.1) is 17.2 Å². The number of carbonyl (C=O) groups is 2. The number of nitrogens with zero attached hydrogens (tertiary/aromatic N) is 2. The fourth-order valence-electron chi connectivity index (χ4n) is 4.07. The molecular formula is C31H39N3O5S. The average molecular weight is 566 g/mol. The lowest BCUT2D eigenvalue weighted by atomic mass is 10.1. The van der Waals surface area contributed by atoms with E-state index >= 15 is 0 Å². The smallest absolute Gasteiger partial charge is 0.264 e. The van der Waals surface area contributed by atoms with Crippen molar-refractivity contribution >= 4 is 27.5 Å². The number of aryl methyl sites for hydroxylation is 1. The highest BCUT2D eigenvalue weighted by atomic mass is 32.2. The number of rotatable bonds is 11. The molecule has 0 spiro atoms. The first-order valence-electron chi connectivity index (χ1n) is 13.3. The quantitative estimate of drug-likeness (QED) is 0.356. The summed E-state index contributed by atoms with van der Waals surface area (Å²) in [7, 11) is -4.14. The number of hydrogen-bond donors (Lipinski definition) is 1. The highest BCUT2D eigenvalue weighted by Crippen LogP contribution is 2.26. The van der Waals surface area contributed by atoms with Crippen LogP contribution < -0.4 is 14.4 Å². The molecule has 0 fully saturated rings. The first kappa shape index (κ1) is 30.7. The van der Waals surface area contributed by atoms with Crippen molar-refractivity contribution in [3.8, 4) is 5.75 Å². The number of hydrogen-bond acceptors (Lipinski definition) is 5. The van der Waals surface area contributed by atoms with Gasteiger partial charge in [-0.1, -0.05) is 48.0 Å². The number of sulfonamides is 1. The maximum Gasteiger partial charge on any atom is 0.264 e. The summed E-state index contributed by atoms with van der Waals surface area (Å²) in [6.45, 7) is 11.2. The monoisotopic (exact) mass is 565 g/mol. The van der Waals surface area contributed by atoms with E-state index in [9.17, 15) is 18.0 Å². The Labute approximate surface area is 238 Å². The van der Waals surface area contributed by atoms with Crippen LogP contribution in [0.2, 0.25) is 0 Å². The molecule has 8 nitrogen and oxygen atoms in total. The van der Waals surface area contributed by atoms with E-state index < -0.39 is 34.1 Å². The van der Waals surface area contributed by atoms with Gasteiger partial charge in [0, 0.05) is 12.1 Å². The Hall–Kier alpha value is -3.85. The van der Waals surface area contributed by atoms with Crippen molar-refractivity contribution in [1.82, 2.24) is 10.2 Å². The summed E-state index contributed by atoms with van der Waals surface area (Å²) in [5, 5.41) is 2.93. The van der Waals surface area contributed by atoms with Gasteiger partial charge < -0.3 is 15.0 Å². The molecule has 0 aliphatic rings. The molecular weight excluding hydrogens is 526 g/mol. The summed E-state index contributed by atoms with van der Waals surface area (Å²) in [4.78, 5) is 28.6. The number of anilines is 1. The van der Waals surface area contributed by atoms with Crippen molar-refractivity contribution in [2.24, 2.45) is 0 Å². The Morgan fingerprint density at radius 2 is 1.52 bits per heavy atom. The summed E-state index contributed by atoms with van der Waals surface area (Å²) in [6, 6.07) is 21.4. The Morgan fingerprint density at radius 3 is 2.08 bits per heavy atom. The minimum absolute atomic E-state index is 0.0243. The van der Waals surface area contributed by atoms with Gasteiger partial charge in [0.2, 0.25) is 11.8 Å². The zero-order chi connectivity index (χ0) is 29.5. The molecule has 3 rings (SSSR count). The second kappa shape index (κ2) is 13.0. The lowest BCUT2D eigenvalue weighted by molar-refractivity contribution is -0.140. The van der Waals surface area contributed by atoms with Crippen LogP contribution in [0.1, 0.15) is 45.7 Å². The number of ether oxygens (including phenoxy) is 1. The predicted octanol–water partition coefficient (Wildman–Crippen LogP) is 4.92. The average Bonchev–Trinajstić information content (AvgIpc) is 2.91. The largest absolute Gasteiger partial charge is 0.494 e. The van der Waals surface area contributed by atoms with Crippen LogP contribution in [0.25, 0.3) is 0 Å². The molecule has 0 heterocycles. The lowest BCUT2D eigenvalue weighted by Gasteiger charge is -2.33. The van der Waals surface area contributed by atoms with E-state index in [4.69, 9.17) is 4.74 Å². The van der Waals surface area contributed by atoms with Gasteiger partial charge in [-0.2, -0.15) is 0 Å². The number of amides is 2. The molecule has 0 aromatic heterocycles. The molecule has 1 atom stereocenters. The number of benzene rings is 3. The third kappa shape index (κ3) is 8.08. The van der Waals surface area contributed by atoms with Crippen LogP contribution in [0, 0.1) is 6.92 Å². The molecule has 2 amide bonds. The van der Waals surface area contributed by atoms with Crippen LogP contribution in [0.5, 0.6) is 5.75 Å². The molecule has 214 valence electrons. The molecule has 0 saturated carbocycles. The topological polar surface area (TPSA) is 96.0 Å². The highest BCUT2D eigenvalue weighted by molar-refractivity contribution is 7.92. The van der Waals surface area contributed by atoms with Crippen LogP contribution in [-0.4, -0.2) is 49.9 Å². The maximum absolute atomic E-state index is 13.9. The zero-order valence-corrected chi connectivity index (χ0v) is 24.9. The third-order valence-corrected chi connectivity index (χ3v) is 7.97. The van der Waals surface area contributed by atoms with E-state index in [0.717, 1.165) is 15.4 Å². The van der Waals surface area contributed by atoms with Gasteiger partial charge in [-0.05, 0) is 83.5 Å². The molecule has 40 heavy (non-hydrogen) atoms. The van der Waals surface area contributed by atoms with Gasteiger partial charge in [-0.15, -0.1) is 0 Å². The van der Waals surface area contributed by atoms with E-state index in [-0.39, 0.29) is 17.3 Å². The minimum atomic E-state index is -4.14. The fourth-order valence-corrected chi connectivity index (χ4v) is 5.49. The molecule has 3 aromatic carbocycles. The molecule has 0 aliphatic carbocycles. The first-order valence-corrected chi connectivity index (χ1v) is 14.7. The SMILES string of the molecule is CCOc1ccc(S(=O)(=O)N(CC(=O)N(Cc2ccc(C)cc2)C(C)C(=O)NC(C)(C)C)c2ccccc2)cc1. The molecule has 9 heteroatoms. The molecule has 1 unspecified atom stereocenters. The Balaban J connectivity index is 2.00. The summed E-state index contributed by atoms with van der Waals surface area (Å²) < 4.78 is 34.3. The van der Waals surface area contributed by atoms with Crippen LogP contribution in [-0.2, 0) is 26.2 Å². The Kier molecular flexibility index (Phi) is 9.98. The number of para-hydroxylation sites is 1. The van der Waals surface area contributed by atoms with E-state index in [1.807, 2.05) is 58.9 Å².